The topological polar surface area (TPSA) is 75.9 Å². The molecule has 1 aromatic rings. The Morgan fingerprint density at radius 2 is 1.90 bits per heavy atom. The van der Waals surface area contributed by atoms with Crippen LogP contribution in [0.2, 0.25) is 0 Å². The van der Waals surface area contributed by atoms with Crippen molar-refractivity contribution in [2.75, 3.05) is 45.6 Å². The van der Waals surface area contributed by atoms with E-state index in [9.17, 15) is 8.42 Å². The van der Waals surface area contributed by atoms with Crippen LogP contribution >= 0.6 is 0 Å². The normalized spacial score (nSPS) is 18.1. The third-order valence-corrected chi connectivity index (χ3v) is 5.28. The van der Waals surface area contributed by atoms with E-state index in [0.717, 1.165) is 13.1 Å². The maximum Gasteiger partial charge on any atom is 0.243 e. The molecule has 1 aliphatic rings. The van der Waals surface area contributed by atoms with E-state index in [0.29, 0.717) is 31.1 Å². The number of anilines is 1. The molecular weight excluding hydrogens is 278 g/mol. The van der Waals surface area contributed by atoms with Gasteiger partial charge in [0.25, 0.3) is 0 Å². The number of rotatable bonds is 4. The fraction of sp³-hybridized carbons (Fsp3) is 0.538. The van der Waals surface area contributed by atoms with Crippen molar-refractivity contribution in [1.82, 2.24) is 9.21 Å². The number of hydrogen-bond acceptors (Lipinski definition) is 5. The lowest BCUT2D eigenvalue weighted by atomic mass is 10.3. The van der Waals surface area contributed by atoms with Gasteiger partial charge in [0.05, 0.1) is 17.2 Å². The molecular formula is C13H21N3O3S. The van der Waals surface area contributed by atoms with Crippen LogP contribution in [-0.4, -0.2) is 57.5 Å². The summed E-state index contributed by atoms with van der Waals surface area (Å²) in [5, 5.41) is 0. The number of likely N-dealkylation sites (N-methyl/N-ethyl adjacent to an activating group) is 1. The van der Waals surface area contributed by atoms with Crippen LogP contribution in [0.1, 0.15) is 6.92 Å². The first kappa shape index (κ1) is 15.1. The van der Waals surface area contributed by atoms with Gasteiger partial charge in [0.1, 0.15) is 5.75 Å². The summed E-state index contributed by atoms with van der Waals surface area (Å²) in [4.78, 5) is 2.33. The van der Waals surface area contributed by atoms with E-state index in [4.69, 9.17) is 10.5 Å². The first-order valence-electron chi connectivity index (χ1n) is 6.66. The molecule has 1 saturated heterocycles. The standard InChI is InChI=1S/C13H21N3O3S/c1-3-19-13-5-4-11(10-12(13)14)20(17,18)16-8-6-15(2)7-9-16/h4-5,10H,3,6-9,14H2,1-2H3. The summed E-state index contributed by atoms with van der Waals surface area (Å²) in [5.41, 5.74) is 6.19. The Morgan fingerprint density at radius 3 is 2.45 bits per heavy atom. The third-order valence-electron chi connectivity index (χ3n) is 3.38. The molecule has 0 atom stereocenters. The van der Waals surface area contributed by atoms with Gasteiger partial charge in [-0.2, -0.15) is 4.31 Å². The molecule has 0 bridgehead atoms. The van der Waals surface area contributed by atoms with Gasteiger partial charge in [-0.15, -0.1) is 0 Å². The predicted octanol–water partition coefficient (Wildman–Crippen LogP) is 0.604. The van der Waals surface area contributed by atoms with E-state index in [2.05, 4.69) is 4.90 Å². The van der Waals surface area contributed by atoms with Gasteiger partial charge in [-0.1, -0.05) is 0 Å². The molecule has 0 saturated carbocycles. The number of benzene rings is 1. The molecule has 1 heterocycles. The molecule has 0 amide bonds. The number of nitrogens with zero attached hydrogens (tertiary/aromatic N) is 2. The smallest absolute Gasteiger partial charge is 0.243 e. The predicted molar refractivity (Wildman–Crippen MR) is 78.3 cm³/mol. The van der Waals surface area contributed by atoms with Crippen molar-refractivity contribution in [3.63, 3.8) is 0 Å². The molecule has 1 aliphatic heterocycles. The molecule has 7 heteroatoms. The summed E-state index contributed by atoms with van der Waals surface area (Å²) in [6.45, 7) is 4.85. The highest BCUT2D eigenvalue weighted by Crippen LogP contribution is 2.26. The van der Waals surface area contributed by atoms with Gasteiger partial charge in [-0.05, 0) is 32.2 Å². The first-order valence-corrected chi connectivity index (χ1v) is 8.10. The van der Waals surface area contributed by atoms with Crippen LogP contribution in [0.25, 0.3) is 0 Å². The molecule has 0 unspecified atom stereocenters. The SMILES string of the molecule is CCOc1ccc(S(=O)(=O)N2CCN(C)CC2)cc1N. The highest BCUT2D eigenvalue weighted by Gasteiger charge is 2.27. The lowest BCUT2D eigenvalue weighted by molar-refractivity contribution is 0.222. The minimum atomic E-state index is -3.47. The average Bonchev–Trinajstić information content (AvgIpc) is 2.41. The molecule has 2 rings (SSSR count). The summed E-state index contributed by atoms with van der Waals surface area (Å²) in [5.74, 6) is 0.518. The van der Waals surface area contributed by atoms with Crippen molar-refractivity contribution in [3.8, 4) is 5.75 Å². The Labute approximate surface area is 120 Å². The molecule has 6 nitrogen and oxygen atoms in total. The number of sulfonamides is 1. The minimum Gasteiger partial charge on any atom is -0.492 e. The maximum absolute atomic E-state index is 12.5. The van der Waals surface area contributed by atoms with E-state index in [-0.39, 0.29) is 4.90 Å². The zero-order valence-electron chi connectivity index (χ0n) is 11.9. The Morgan fingerprint density at radius 1 is 1.25 bits per heavy atom. The molecule has 0 aliphatic carbocycles. The number of nitrogen functional groups attached to an aromatic ring is 1. The Bertz CT molecular complexity index is 566. The van der Waals surface area contributed by atoms with Gasteiger partial charge < -0.3 is 15.4 Å². The van der Waals surface area contributed by atoms with Crippen LogP contribution in [0.4, 0.5) is 5.69 Å². The van der Waals surface area contributed by atoms with Crippen LogP contribution in [0.15, 0.2) is 23.1 Å². The van der Waals surface area contributed by atoms with Crippen molar-refractivity contribution in [3.05, 3.63) is 18.2 Å². The van der Waals surface area contributed by atoms with Gasteiger partial charge in [0.2, 0.25) is 10.0 Å². The van der Waals surface area contributed by atoms with Crippen LogP contribution < -0.4 is 10.5 Å². The van der Waals surface area contributed by atoms with E-state index in [1.807, 2.05) is 14.0 Å². The molecule has 0 aromatic heterocycles. The summed E-state index contributed by atoms with van der Waals surface area (Å²) >= 11 is 0. The average molecular weight is 299 g/mol. The van der Waals surface area contributed by atoms with Crippen LogP contribution in [0.5, 0.6) is 5.75 Å². The molecule has 0 spiro atoms. The molecule has 0 radical (unpaired) electrons. The van der Waals surface area contributed by atoms with Crippen molar-refractivity contribution in [2.45, 2.75) is 11.8 Å². The van der Waals surface area contributed by atoms with Gasteiger partial charge in [-0.25, -0.2) is 8.42 Å². The Balaban J connectivity index is 2.23. The van der Waals surface area contributed by atoms with E-state index in [1.165, 1.54) is 10.4 Å². The van der Waals surface area contributed by atoms with Crippen LogP contribution in [0.3, 0.4) is 0 Å². The van der Waals surface area contributed by atoms with Crippen molar-refractivity contribution in [1.29, 1.82) is 0 Å². The minimum absolute atomic E-state index is 0.225. The summed E-state index contributed by atoms with van der Waals surface area (Å²) in [6, 6.07) is 4.63. The van der Waals surface area contributed by atoms with Gasteiger partial charge in [0.15, 0.2) is 0 Å². The number of nitrogens with two attached hydrogens (primary N) is 1. The fourth-order valence-corrected chi connectivity index (χ4v) is 3.61. The second-order valence-corrected chi connectivity index (χ2v) is 6.78. The number of piperazine rings is 1. The summed E-state index contributed by atoms with van der Waals surface area (Å²) < 4.78 is 31.9. The van der Waals surface area contributed by atoms with Gasteiger partial charge >= 0.3 is 0 Å². The van der Waals surface area contributed by atoms with Crippen LogP contribution in [-0.2, 0) is 10.0 Å². The third kappa shape index (κ3) is 3.05. The molecule has 2 N–H and O–H groups in total. The highest BCUT2D eigenvalue weighted by atomic mass is 32.2. The summed E-state index contributed by atoms with van der Waals surface area (Å²) in [6.07, 6.45) is 0. The second kappa shape index (κ2) is 5.99. The Kier molecular flexibility index (Phi) is 4.52. The zero-order valence-corrected chi connectivity index (χ0v) is 12.7. The highest BCUT2D eigenvalue weighted by molar-refractivity contribution is 7.89. The maximum atomic E-state index is 12.5. The Hall–Kier alpha value is -1.31. The second-order valence-electron chi connectivity index (χ2n) is 4.84. The van der Waals surface area contributed by atoms with E-state index in [1.54, 1.807) is 12.1 Å². The van der Waals surface area contributed by atoms with Crippen molar-refractivity contribution in [2.24, 2.45) is 0 Å². The summed E-state index contributed by atoms with van der Waals surface area (Å²) in [7, 11) is -1.48. The van der Waals surface area contributed by atoms with Crippen molar-refractivity contribution < 1.29 is 13.2 Å². The molecule has 1 aromatic carbocycles. The quantitative estimate of drug-likeness (QED) is 0.824. The lowest BCUT2D eigenvalue weighted by Gasteiger charge is -2.31. The zero-order chi connectivity index (χ0) is 14.8. The molecule has 20 heavy (non-hydrogen) atoms. The lowest BCUT2D eigenvalue weighted by Crippen LogP contribution is -2.47. The monoisotopic (exact) mass is 299 g/mol. The number of hydrogen-bond donors (Lipinski definition) is 1. The molecule has 112 valence electrons. The van der Waals surface area contributed by atoms with E-state index >= 15 is 0 Å². The van der Waals surface area contributed by atoms with Gasteiger partial charge in [-0.3, -0.25) is 0 Å². The first-order chi connectivity index (χ1) is 9.45. The van der Waals surface area contributed by atoms with Crippen LogP contribution in [0, 0.1) is 0 Å². The number of ether oxygens (including phenoxy) is 1. The largest absolute Gasteiger partial charge is 0.492 e. The molecule has 1 fully saturated rings. The van der Waals surface area contributed by atoms with Gasteiger partial charge in [0, 0.05) is 26.2 Å². The fourth-order valence-electron chi connectivity index (χ4n) is 2.15. The van der Waals surface area contributed by atoms with Crippen molar-refractivity contribution >= 4 is 15.7 Å². The van der Waals surface area contributed by atoms with E-state index < -0.39 is 10.0 Å².